The summed E-state index contributed by atoms with van der Waals surface area (Å²) in [7, 11) is 1.29. The molecule has 6 nitrogen and oxygen atoms in total. The molecule has 136 valence electrons. The Morgan fingerprint density at radius 1 is 1.00 bits per heavy atom. The van der Waals surface area contributed by atoms with E-state index in [4.69, 9.17) is 4.74 Å². The minimum Gasteiger partial charge on any atom is -0.469 e. The van der Waals surface area contributed by atoms with Crippen molar-refractivity contribution >= 4 is 23.5 Å². The predicted molar refractivity (Wildman–Crippen MR) is 96.8 cm³/mol. The van der Waals surface area contributed by atoms with Crippen molar-refractivity contribution in [2.24, 2.45) is 5.92 Å². The van der Waals surface area contributed by atoms with E-state index in [1.807, 2.05) is 30.3 Å². The Morgan fingerprint density at radius 3 is 2.27 bits per heavy atom. The van der Waals surface area contributed by atoms with Crippen LogP contribution in [0.15, 0.2) is 54.6 Å². The molecule has 2 rings (SSSR count). The fraction of sp³-hybridized carbons (Fsp3) is 0.250. The Hall–Kier alpha value is -3.15. The van der Waals surface area contributed by atoms with Crippen LogP contribution in [0, 0.1) is 5.92 Å². The Kier molecular flexibility index (Phi) is 6.91. The second-order valence-corrected chi connectivity index (χ2v) is 5.81. The van der Waals surface area contributed by atoms with Crippen molar-refractivity contribution in [3.8, 4) is 0 Å². The zero-order chi connectivity index (χ0) is 18.9. The van der Waals surface area contributed by atoms with Crippen LogP contribution >= 0.6 is 0 Å². The topological polar surface area (TPSA) is 81.7 Å². The van der Waals surface area contributed by atoms with Gasteiger partial charge in [0.1, 0.15) is 6.61 Å². The van der Waals surface area contributed by atoms with E-state index in [2.05, 4.69) is 10.1 Å². The lowest BCUT2D eigenvalue weighted by Gasteiger charge is -2.10. The summed E-state index contributed by atoms with van der Waals surface area (Å²) in [5.41, 5.74) is 1.87. The van der Waals surface area contributed by atoms with Crippen LogP contribution in [0.2, 0.25) is 0 Å². The summed E-state index contributed by atoms with van der Waals surface area (Å²) in [5.74, 6) is -1.06. The van der Waals surface area contributed by atoms with E-state index in [-0.39, 0.29) is 18.8 Å². The van der Waals surface area contributed by atoms with Gasteiger partial charge in [-0.25, -0.2) is 4.79 Å². The molecule has 0 radical (unpaired) electrons. The van der Waals surface area contributed by atoms with E-state index >= 15 is 0 Å². The first-order chi connectivity index (χ1) is 12.5. The second kappa shape index (κ2) is 9.36. The average molecular weight is 355 g/mol. The first-order valence-corrected chi connectivity index (χ1v) is 8.18. The number of rotatable bonds is 7. The summed E-state index contributed by atoms with van der Waals surface area (Å²) in [4.78, 5) is 35.3. The summed E-state index contributed by atoms with van der Waals surface area (Å²) in [6.45, 7) is 1.85. The lowest BCUT2D eigenvalue weighted by atomic mass is 9.96. The molecule has 0 saturated heterocycles. The molecule has 6 heteroatoms. The summed E-state index contributed by atoms with van der Waals surface area (Å²) < 4.78 is 9.71. The molecule has 0 spiro atoms. The molecule has 0 saturated carbocycles. The van der Waals surface area contributed by atoms with Crippen molar-refractivity contribution in [3.05, 3.63) is 65.7 Å². The normalized spacial score (nSPS) is 11.3. The standard InChI is InChI=1S/C20H21NO5/c1-14(12-18(22)25-2)19(23)16-8-10-17(11-9-16)21-20(24)26-13-15-6-4-3-5-7-15/h3-11,14H,12-13H2,1-2H3,(H,21,24)/t14-/m1/s1. The molecule has 26 heavy (non-hydrogen) atoms. The molecule has 0 aliphatic carbocycles. The van der Waals surface area contributed by atoms with Crippen LogP contribution in [-0.4, -0.2) is 25.0 Å². The maximum atomic E-state index is 12.3. The van der Waals surface area contributed by atoms with Crippen LogP contribution in [0.4, 0.5) is 10.5 Å². The van der Waals surface area contributed by atoms with E-state index in [1.54, 1.807) is 31.2 Å². The molecule has 1 amide bonds. The largest absolute Gasteiger partial charge is 0.469 e. The number of carbonyl (C=O) groups is 3. The van der Waals surface area contributed by atoms with Gasteiger partial charge in [0.25, 0.3) is 0 Å². The van der Waals surface area contributed by atoms with Crippen LogP contribution < -0.4 is 5.32 Å². The lowest BCUT2D eigenvalue weighted by Crippen LogP contribution is -2.17. The quantitative estimate of drug-likeness (QED) is 0.603. The number of hydrogen-bond donors (Lipinski definition) is 1. The minimum atomic E-state index is -0.577. The second-order valence-electron chi connectivity index (χ2n) is 5.81. The van der Waals surface area contributed by atoms with Crippen molar-refractivity contribution in [1.29, 1.82) is 0 Å². The SMILES string of the molecule is COC(=O)C[C@@H](C)C(=O)c1ccc(NC(=O)OCc2ccccc2)cc1. The molecule has 2 aromatic carbocycles. The van der Waals surface area contributed by atoms with Gasteiger partial charge in [0.05, 0.1) is 13.5 Å². The lowest BCUT2D eigenvalue weighted by molar-refractivity contribution is -0.141. The number of ketones is 1. The summed E-state index contributed by atoms with van der Waals surface area (Å²) in [6, 6.07) is 15.8. The van der Waals surface area contributed by atoms with Crippen LogP contribution in [-0.2, 0) is 20.9 Å². The number of anilines is 1. The van der Waals surface area contributed by atoms with E-state index in [1.165, 1.54) is 7.11 Å². The van der Waals surface area contributed by atoms with Crippen molar-refractivity contribution in [2.45, 2.75) is 20.0 Å². The molecule has 0 unspecified atom stereocenters. The Labute approximate surface area is 152 Å². The summed E-state index contributed by atoms with van der Waals surface area (Å²) in [6.07, 6.45) is -0.548. The van der Waals surface area contributed by atoms with Gasteiger partial charge in [-0.1, -0.05) is 37.3 Å². The van der Waals surface area contributed by atoms with Gasteiger partial charge >= 0.3 is 12.1 Å². The number of ether oxygens (including phenoxy) is 2. The van der Waals surface area contributed by atoms with E-state index < -0.39 is 18.0 Å². The highest BCUT2D eigenvalue weighted by Crippen LogP contribution is 2.16. The predicted octanol–water partition coefficient (Wildman–Crippen LogP) is 3.82. The molecule has 0 bridgehead atoms. The monoisotopic (exact) mass is 355 g/mol. The Balaban J connectivity index is 1.87. The fourth-order valence-corrected chi connectivity index (χ4v) is 2.31. The number of Topliss-reactive ketones (excluding diaryl/α,β-unsaturated/α-hetero) is 1. The van der Waals surface area contributed by atoms with Gasteiger partial charge in [-0.15, -0.1) is 0 Å². The third-order valence-corrected chi connectivity index (χ3v) is 3.78. The third-order valence-electron chi connectivity index (χ3n) is 3.78. The van der Waals surface area contributed by atoms with Crippen LogP contribution in [0.5, 0.6) is 0 Å². The number of methoxy groups -OCH3 is 1. The summed E-state index contributed by atoms with van der Waals surface area (Å²) >= 11 is 0. The van der Waals surface area contributed by atoms with Crippen LogP contribution in [0.25, 0.3) is 0 Å². The first-order valence-electron chi connectivity index (χ1n) is 8.18. The Morgan fingerprint density at radius 2 is 1.65 bits per heavy atom. The maximum absolute atomic E-state index is 12.3. The van der Waals surface area contributed by atoms with Gasteiger partial charge < -0.3 is 9.47 Å². The van der Waals surface area contributed by atoms with E-state index in [0.717, 1.165) is 5.56 Å². The van der Waals surface area contributed by atoms with Crippen molar-refractivity contribution < 1.29 is 23.9 Å². The van der Waals surface area contributed by atoms with Crippen molar-refractivity contribution in [2.75, 3.05) is 12.4 Å². The van der Waals surface area contributed by atoms with Gasteiger partial charge in [-0.2, -0.15) is 0 Å². The van der Waals surface area contributed by atoms with Crippen molar-refractivity contribution in [3.63, 3.8) is 0 Å². The fourth-order valence-electron chi connectivity index (χ4n) is 2.31. The van der Waals surface area contributed by atoms with Gasteiger partial charge in [0.2, 0.25) is 0 Å². The number of nitrogens with one attached hydrogen (secondary N) is 1. The Bertz CT molecular complexity index is 756. The van der Waals surface area contributed by atoms with Gasteiger partial charge in [0.15, 0.2) is 5.78 Å². The van der Waals surface area contributed by atoms with Gasteiger partial charge in [-0.3, -0.25) is 14.9 Å². The molecule has 0 aliphatic heterocycles. The van der Waals surface area contributed by atoms with Gasteiger partial charge in [0, 0.05) is 17.2 Å². The molecule has 0 heterocycles. The maximum Gasteiger partial charge on any atom is 0.411 e. The molecule has 1 atom stereocenters. The number of hydrogen-bond acceptors (Lipinski definition) is 5. The zero-order valence-electron chi connectivity index (χ0n) is 14.7. The highest BCUT2D eigenvalue weighted by Gasteiger charge is 2.19. The molecule has 0 aromatic heterocycles. The third kappa shape index (κ3) is 5.73. The number of carbonyl (C=O) groups excluding carboxylic acids is 3. The minimum absolute atomic E-state index is 0.0289. The van der Waals surface area contributed by atoms with Crippen molar-refractivity contribution in [1.82, 2.24) is 0 Å². The van der Waals surface area contributed by atoms with E-state index in [0.29, 0.717) is 11.3 Å². The summed E-state index contributed by atoms with van der Waals surface area (Å²) in [5, 5.41) is 2.60. The zero-order valence-corrected chi connectivity index (χ0v) is 14.7. The molecular formula is C20H21NO5. The smallest absolute Gasteiger partial charge is 0.411 e. The molecule has 2 aromatic rings. The average Bonchev–Trinajstić information content (AvgIpc) is 2.67. The highest BCUT2D eigenvalue weighted by molar-refractivity contribution is 5.99. The number of amides is 1. The highest BCUT2D eigenvalue weighted by atomic mass is 16.5. The number of esters is 1. The molecular weight excluding hydrogens is 334 g/mol. The molecule has 1 N–H and O–H groups in total. The molecule has 0 aliphatic rings. The molecule has 0 fully saturated rings. The van der Waals surface area contributed by atoms with Crippen LogP contribution in [0.3, 0.4) is 0 Å². The number of benzene rings is 2. The van der Waals surface area contributed by atoms with Gasteiger partial charge in [-0.05, 0) is 29.8 Å². The van der Waals surface area contributed by atoms with E-state index in [9.17, 15) is 14.4 Å². The van der Waals surface area contributed by atoms with Crippen LogP contribution in [0.1, 0.15) is 29.3 Å². The first kappa shape index (κ1) is 19.2.